The van der Waals surface area contributed by atoms with Gasteiger partial charge in [-0.3, -0.25) is 4.79 Å². The van der Waals surface area contributed by atoms with E-state index in [1.807, 2.05) is 38.2 Å². The molecule has 0 aliphatic rings. The second kappa shape index (κ2) is 15.9. The quantitative estimate of drug-likeness (QED) is 0.120. The molecule has 1 aromatic carbocycles. The zero-order valence-electron chi connectivity index (χ0n) is 23.2. The topological polar surface area (TPSA) is 69.6 Å². The van der Waals surface area contributed by atoms with E-state index in [1.54, 1.807) is 6.92 Å². The molecule has 2 rings (SSSR count). The van der Waals surface area contributed by atoms with Crippen molar-refractivity contribution in [2.75, 3.05) is 36.9 Å². The first-order chi connectivity index (χ1) is 17.4. The number of hydrogen-bond acceptors (Lipinski definition) is 5. The summed E-state index contributed by atoms with van der Waals surface area (Å²) >= 11 is 0. The van der Waals surface area contributed by atoms with Crippen molar-refractivity contribution in [2.45, 2.75) is 73.1 Å². The summed E-state index contributed by atoms with van der Waals surface area (Å²) in [6.07, 6.45) is 8.84. The molecule has 36 heavy (non-hydrogen) atoms. The number of benzene rings is 1. The molecule has 0 unspecified atom stereocenters. The number of pyridine rings is 1. The zero-order chi connectivity index (χ0) is 26.3. The average molecular weight is 492 g/mol. The van der Waals surface area contributed by atoms with Gasteiger partial charge >= 0.3 is 0 Å². The standard InChI is InChI=1S/C30H45N5O/c1-7-9-20-35(21-10-8-2)30-18-17-28(24(4)32-30)34-29(22-23(3)12-11-19-31-6)33-27-15-13-26(14-16-27)25(5)36/h13-18,22,31H,7-12,19-21H2,1-6H3,(H,33,34)/b23-22-. The van der Waals surface area contributed by atoms with Crippen LogP contribution in [0.3, 0.4) is 0 Å². The van der Waals surface area contributed by atoms with E-state index in [-0.39, 0.29) is 5.78 Å². The fourth-order valence-electron chi connectivity index (χ4n) is 3.89. The summed E-state index contributed by atoms with van der Waals surface area (Å²) in [5.41, 5.74) is 4.61. The fourth-order valence-corrected chi connectivity index (χ4v) is 3.89. The molecule has 1 heterocycles. The van der Waals surface area contributed by atoms with Gasteiger partial charge in [0.05, 0.1) is 11.4 Å². The third-order valence-electron chi connectivity index (χ3n) is 6.12. The lowest BCUT2D eigenvalue weighted by atomic mass is 10.1. The second-order valence-corrected chi connectivity index (χ2v) is 9.42. The maximum atomic E-state index is 11.7. The van der Waals surface area contributed by atoms with E-state index < -0.39 is 0 Å². The number of amidine groups is 1. The van der Waals surface area contributed by atoms with Gasteiger partial charge in [0.2, 0.25) is 0 Å². The first-order valence-electron chi connectivity index (χ1n) is 13.4. The maximum absolute atomic E-state index is 11.7. The highest BCUT2D eigenvalue weighted by Crippen LogP contribution is 2.23. The van der Waals surface area contributed by atoms with Gasteiger partial charge in [0.15, 0.2) is 5.78 Å². The normalized spacial score (nSPS) is 12.1. The molecule has 0 saturated heterocycles. The van der Waals surface area contributed by atoms with Gasteiger partial charge in [0, 0.05) is 24.3 Å². The zero-order valence-corrected chi connectivity index (χ0v) is 23.2. The second-order valence-electron chi connectivity index (χ2n) is 9.42. The number of unbranched alkanes of at least 4 members (excludes halogenated alkanes) is 2. The highest BCUT2D eigenvalue weighted by atomic mass is 16.1. The van der Waals surface area contributed by atoms with Crippen LogP contribution in [-0.4, -0.2) is 43.3 Å². The molecule has 0 aliphatic carbocycles. The Bertz CT molecular complexity index is 1000. The monoisotopic (exact) mass is 491 g/mol. The molecule has 2 aromatic rings. The molecule has 0 atom stereocenters. The summed E-state index contributed by atoms with van der Waals surface area (Å²) in [6.45, 7) is 13.2. The molecule has 0 amide bonds. The van der Waals surface area contributed by atoms with Gasteiger partial charge in [-0.15, -0.1) is 0 Å². The maximum Gasteiger partial charge on any atom is 0.159 e. The van der Waals surface area contributed by atoms with E-state index in [9.17, 15) is 4.79 Å². The number of Topliss-reactive ketones (excluding diaryl/α,β-unsaturated/α-hetero) is 1. The van der Waals surface area contributed by atoms with Crippen molar-refractivity contribution in [1.82, 2.24) is 10.3 Å². The lowest BCUT2D eigenvalue weighted by molar-refractivity contribution is 0.101. The molecule has 0 bridgehead atoms. The van der Waals surface area contributed by atoms with Crippen LogP contribution in [-0.2, 0) is 0 Å². The summed E-state index contributed by atoms with van der Waals surface area (Å²) in [7, 11) is 1.98. The first kappa shape index (κ1) is 29.2. The lowest BCUT2D eigenvalue weighted by Gasteiger charge is -2.24. The summed E-state index contributed by atoms with van der Waals surface area (Å²) in [5.74, 6) is 1.85. The van der Waals surface area contributed by atoms with E-state index in [2.05, 4.69) is 54.5 Å². The smallest absolute Gasteiger partial charge is 0.159 e. The molecule has 0 spiro atoms. The number of allylic oxidation sites excluding steroid dienone is 1. The Kier molecular flexibility index (Phi) is 12.9. The lowest BCUT2D eigenvalue weighted by Crippen LogP contribution is -2.26. The van der Waals surface area contributed by atoms with Crippen LogP contribution < -0.4 is 15.5 Å². The molecule has 196 valence electrons. The molecule has 0 aliphatic heterocycles. The number of aryl methyl sites for hydroxylation is 1. The number of aliphatic imine (C=N–C) groups is 1. The van der Waals surface area contributed by atoms with Crippen molar-refractivity contribution in [3.63, 3.8) is 0 Å². The van der Waals surface area contributed by atoms with Gasteiger partial charge in [0.1, 0.15) is 11.7 Å². The Hall–Kier alpha value is -2.99. The fraction of sp³-hybridized carbons (Fsp3) is 0.500. The molecule has 0 radical (unpaired) electrons. The highest BCUT2D eigenvalue weighted by molar-refractivity contribution is 6.05. The molecular formula is C30H45N5O. The van der Waals surface area contributed by atoms with Crippen LogP contribution >= 0.6 is 0 Å². The van der Waals surface area contributed by atoms with Gasteiger partial charge in [-0.1, -0.05) is 32.3 Å². The summed E-state index contributed by atoms with van der Waals surface area (Å²) in [5, 5.41) is 6.65. The van der Waals surface area contributed by atoms with Gasteiger partial charge in [-0.05, 0) is 103 Å². The Labute approximate surface area is 218 Å². The van der Waals surface area contributed by atoms with Crippen molar-refractivity contribution in [3.8, 4) is 0 Å². The van der Waals surface area contributed by atoms with E-state index >= 15 is 0 Å². The Morgan fingerprint density at radius 1 is 1.00 bits per heavy atom. The third-order valence-corrected chi connectivity index (χ3v) is 6.12. The van der Waals surface area contributed by atoms with E-state index in [0.717, 1.165) is 61.2 Å². The van der Waals surface area contributed by atoms with Crippen molar-refractivity contribution >= 4 is 28.8 Å². The molecule has 0 saturated carbocycles. The van der Waals surface area contributed by atoms with Crippen LogP contribution in [0, 0.1) is 6.92 Å². The van der Waals surface area contributed by atoms with Gasteiger partial charge in [-0.2, -0.15) is 0 Å². The van der Waals surface area contributed by atoms with E-state index in [0.29, 0.717) is 5.56 Å². The Morgan fingerprint density at radius 3 is 2.22 bits per heavy atom. The Balaban J connectivity index is 2.34. The molecule has 6 heteroatoms. The van der Waals surface area contributed by atoms with Crippen LogP contribution in [0.15, 0.2) is 53.0 Å². The van der Waals surface area contributed by atoms with Crippen LogP contribution in [0.2, 0.25) is 0 Å². The highest BCUT2D eigenvalue weighted by Gasteiger charge is 2.10. The van der Waals surface area contributed by atoms with Gasteiger partial charge < -0.3 is 15.5 Å². The van der Waals surface area contributed by atoms with Crippen LogP contribution in [0.1, 0.15) is 82.3 Å². The van der Waals surface area contributed by atoms with Crippen molar-refractivity contribution < 1.29 is 4.79 Å². The van der Waals surface area contributed by atoms with Crippen molar-refractivity contribution in [1.29, 1.82) is 0 Å². The number of nitrogens with zero attached hydrogens (tertiary/aromatic N) is 3. The molecule has 0 fully saturated rings. The number of anilines is 2. The predicted octanol–water partition coefficient (Wildman–Crippen LogP) is 7.09. The van der Waals surface area contributed by atoms with Crippen LogP contribution in [0.25, 0.3) is 0 Å². The molecule has 1 aromatic heterocycles. The van der Waals surface area contributed by atoms with Crippen molar-refractivity contribution in [3.05, 3.63) is 59.3 Å². The van der Waals surface area contributed by atoms with E-state index in [1.165, 1.54) is 31.3 Å². The minimum atomic E-state index is 0.0596. The number of nitrogens with one attached hydrogen (secondary N) is 2. The average Bonchev–Trinajstić information content (AvgIpc) is 2.86. The number of aromatic nitrogens is 1. The largest absolute Gasteiger partial charge is 0.357 e. The summed E-state index contributed by atoms with van der Waals surface area (Å²) in [4.78, 5) is 24.0. The van der Waals surface area contributed by atoms with Crippen LogP contribution in [0.5, 0.6) is 0 Å². The van der Waals surface area contributed by atoms with Crippen LogP contribution in [0.4, 0.5) is 17.2 Å². The first-order valence-corrected chi connectivity index (χ1v) is 13.4. The third kappa shape index (κ3) is 9.94. The van der Waals surface area contributed by atoms with Gasteiger partial charge in [-0.25, -0.2) is 9.98 Å². The number of ketones is 1. The minimum Gasteiger partial charge on any atom is -0.357 e. The predicted molar refractivity (Wildman–Crippen MR) is 155 cm³/mol. The SMILES string of the molecule is CCCCN(CCCC)c1ccc(N=C(/C=C(/C)CCCNC)Nc2ccc(C(C)=O)cc2)c(C)n1. The number of rotatable bonds is 15. The minimum absolute atomic E-state index is 0.0596. The number of carbonyl (C=O) groups is 1. The summed E-state index contributed by atoms with van der Waals surface area (Å²) in [6, 6.07) is 11.7. The Morgan fingerprint density at radius 2 is 1.67 bits per heavy atom. The number of hydrogen-bond donors (Lipinski definition) is 2. The van der Waals surface area contributed by atoms with Gasteiger partial charge in [0.25, 0.3) is 0 Å². The molecule has 2 N–H and O–H groups in total. The summed E-state index contributed by atoms with van der Waals surface area (Å²) < 4.78 is 0. The molecule has 6 nitrogen and oxygen atoms in total. The molecular weight excluding hydrogens is 446 g/mol. The van der Waals surface area contributed by atoms with E-state index in [4.69, 9.17) is 9.98 Å². The number of carbonyl (C=O) groups excluding carboxylic acids is 1. The van der Waals surface area contributed by atoms with Crippen molar-refractivity contribution in [2.24, 2.45) is 4.99 Å².